The highest BCUT2D eigenvalue weighted by atomic mass is 32.1. The Morgan fingerprint density at radius 3 is 2.47 bits per heavy atom. The van der Waals surface area contributed by atoms with Gasteiger partial charge in [-0.15, -0.1) is 11.3 Å². The quantitative estimate of drug-likeness (QED) is 0.254. The van der Waals surface area contributed by atoms with Crippen molar-refractivity contribution in [1.82, 2.24) is 15.3 Å². The molecule has 2 aromatic heterocycles. The number of ether oxygens (including phenoxy) is 1. The number of H-pyrrole nitrogens is 1. The number of alkyl carbamates (subject to hydrolysis) is 1. The predicted octanol–water partition coefficient (Wildman–Crippen LogP) is 5.77. The minimum atomic E-state index is -0.864. The molecule has 3 aromatic carbocycles. The van der Waals surface area contributed by atoms with Gasteiger partial charge in [-0.1, -0.05) is 78.9 Å². The first-order valence-corrected chi connectivity index (χ1v) is 12.4. The Balaban J connectivity index is 1.31. The van der Waals surface area contributed by atoms with E-state index < -0.39 is 12.1 Å². The van der Waals surface area contributed by atoms with Crippen LogP contribution in [-0.2, 0) is 22.6 Å². The Kier molecular flexibility index (Phi) is 7.05. The van der Waals surface area contributed by atoms with Gasteiger partial charge in [-0.25, -0.2) is 9.78 Å². The summed E-state index contributed by atoms with van der Waals surface area (Å²) in [7, 11) is 0. The molecule has 3 N–H and O–H groups in total. The lowest BCUT2D eigenvalue weighted by molar-refractivity contribution is -0.118. The van der Waals surface area contributed by atoms with Crippen LogP contribution in [0.3, 0.4) is 0 Å². The van der Waals surface area contributed by atoms with Crippen LogP contribution in [-0.4, -0.2) is 28.0 Å². The first-order chi connectivity index (χ1) is 17.7. The third kappa shape index (κ3) is 5.61. The van der Waals surface area contributed by atoms with Crippen LogP contribution in [0.5, 0.6) is 0 Å². The minimum Gasteiger partial charge on any atom is -0.445 e. The van der Waals surface area contributed by atoms with Crippen LogP contribution in [0.15, 0.2) is 96.5 Å². The van der Waals surface area contributed by atoms with Crippen molar-refractivity contribution in [2.75, 3.05) is 5.32 Å². The second kappa shape index (κ2) is 10.9. The maximum Gasteiger partial charge on any atom is 0.408 e. The summed E-state index contributed by atoms with van der Waals surface area (Å²) in [6, 6.07) is 26.1. The normalized spacial score (nSPS) is 11.7. The molecule has 0 aliphatic heterocycles. The highest BCUT2D eigenvalue weighted by molar-refractivity contribution is 7.14. The van der Waals surface area contributed by atoms with Gasteiger partial charge in [0.25, 0.3) is 0 Å². The summed E-state index contributed by atoms with van der Waals surface area (Å²) in [6.45, 7) is 0.112. The fourth-order valence-electron chi connectivity index (χ4n) is 3.90. The van der Waals surface area contributed by atoms with Gasteiger partial charge in [-0.05, 0) is 17.2 Å². The molecule has 8 heteroatoms. The number of fused-ring (bicyclic) bond motifs is 1. The molecule has 7 nitrogen and oxygen atoms in total. The fraction of sp³-hybridized carbons (Fsp3) is 0.107. The summed E-state index contributed by atoms with van der Waals surface area (Å²) >= 11 is 1.33. The minimum absolute atomic E-state index is 0.112. The number of carbonyl (C=O) groups is 2. The topological polar surface area (TPSA) is 96.1 Å². The summed E-state index contributed by atoms with van der Waals surface area (Å²) < 4.78 is 5.38. The van der Waals surface area contributed by atoms with E-state index in [1.165, 1.54) is 11.3 Å². The molecule has 0 unspecified atom stereocenters. The molecule has 2 heterocycles. The van der Waals surface area contributed by atoms with Gasteiger partial charge in [-0.3, -0.25) is 4.79 Å². The molecule has 0 aliphatic rings. The fourth-order valence-corrected chi connectivity index (χ4v) is 4.62. The van der Waals surface area contributed by atoms with Gasteiger partial charge in [0.2, 0.25) is 5.91 Å². The molecule has 5 aromatic rings. The number of aromatic nitrogens is 2. The maximum absolute atomic E-state index is 13.3. The largest absolute Gasteiger partial charge is 0.445 e. The van der Waals surface area contributed by atoms with E-state index >= 15 is 0 Å². The van der Waals surface area contributed by atoms with Crippen molar-refractivity contribution in [3.05, 3.63) is 108 Å². The zero-order chi connectivity index (χ0) is 24.7. The molecule has 0 aliphatic carbocycles. The van der Waals surface area contributed by atoms with Crippen molar-refractivity contribution in [3.8, 4) is 11.3 Å². The van der Waals surface area contributed by atoms with Crippen LogP contribution < -0.4 is 10.6 Å². The number of anilines is 1. The third-order valence-corrected chi connectivity index (χ3v) is 6.48. The standard InChI is InChI=1S/C28H24N4O3S/c33-26(32-27-30-25(18-36-27)20-11-5-2-6-12-20)24(15-21-16-29-23-14-8-7-13-22(21)23)31-28(34)35-17-19-9-3-1-4-10-19/h1-14,16,18,24,29H,15,17H2,(H,31,34)(H,30,32,33)/t24-/m1/s1. The summed E-state index contributed by atoms with van der Waals surface area (Å²) in [4.78, 5) is 33.7. The van der Waals surface area contributed by atoms with E-state index in [1.54, 1.807) is 0 Å². The summed E-state index contributed by atoms with van der Waals surface area (Å²) in [5.74, 6) is -0.370. The number of nitrogens with one attached hydrogen (secondary N) is 3. The van der Waals surface area contributed by atoms with Crippen molar-refractivity contribution in [3.63, 3.8) is 0 Å². The maximum atomic E-state index is 13.3. The molecular formula is C28H24N4O3S. The van der Waals surface area contributed by atoms with Gasteiger partial charge in [0.1, 0.15) is 12.6 Å². The number of rotatable bonds is 8. The van der Waals surface area contributed by atoms with Crippen LogP contribution in [0.25, 0.3) is 22.2 Å². The SMILES string of the molecule is O=C(N[C@H](Cc1c[nH]c2ccccc12)C(=O)Nc1nc(-c2ccccc2)cs1)OCc1ccccc1. The van der Waals surface area contributed by atoms with Gasteiger partial charge in [0.05, 0.1) is 5.69 Å². The molecular weight excluding hydrogens is 472 g/mol. The van der Waals surface area contributed by atoms with Gasteiger partial charge in [-0.2, -0.15) is 0 Å². The van der Waals surface area contributed by atoms with E-state index in [1.807, 2.05) is 96.5 Å². The van der Waals surface area contributed by atoms with Crippen LogP contribution >= 0.6 is 11.3 Å². The lowest BCUT2D eigenvalue weighted by atomic mass is 10.0. The van der Waals surface area contributed by atoms with Gasteiger partial charge < -0.3 is 20.4 Å². The second-order valence-corrected chi connectivity index (χ2v) is 9.07. The molecule has 0 fully saturated rings. The van der Waals surface area contributed by atoms with Crippen LogP contribution in [0.1, 0.15) is 11.1 Å². The van der Waals surface area contributed by atoms with Crippen molar-refractivity contribution in [1.29, 1.82) is 0 Å². The molecule has 36 heavy (non-hydrogen) atoms. The number of aromatic amines is 1. The molecule has 0 spiro atoms. The van der Waals surface area contributed by atoms with Gasteiger partial charge in [0.15, 0.2) is 5.13 Å². The Morgan fingerprint density at radius 1 is 0.944 bits per heavy atom. The highest BCUT2D eigenvalue weighted by Crippen LogP contribution is 2.25. The summed E-state index contributed by atoms with van der Waals surface area (Å²) in [6.07, 6.45) is 1.48. The van der Waals surface area contributed by atoms with Gasteiger partial charge in [0, 0.05) is 34.5 Å². The first-order valence-electron chi connectivity index (χ1n) is 11.5. The Hall–Kier alpha value is -4.43. The number of amides is 2. The first kappa shape index (κ1) is 23.3. The van der Waals surface area contributed by atoms with E-state index in [2.05, 4.69) is 20.6 Å². The van der Waals surface area contributed by atoms with Crippen molar-refractivity contribution in [2.45, 2.75) is 19.1 Å². The average Bonchev–Trinajstić information content (AvgIpc) is 3.55. The Bertz CT molecular complexity index is 1460. The van der Waals surface area contributed by atoms with Crippen molar-refractivity contribution >= 4 is 39.4 Å². The summed E-state index contributed by atoms with van der Waals surface area (Å²) in [5, 5.41) is 8.94. The number of thiazole rings is 1. The highest BCUT2D eigenvalue weighted by Gasteiger charge is 2.24. The zero-order valence-corrected chi connectivity index (χ0v) is 20.1. The Labute approximate surface area is 212 Å². The lowest BCUT2D eigenvalue weighted by Gasteiger charge is -2.17. The van der Waals surface area contributed by atoms with Gasteiger partial charge >= 0.3 is 6.09 Å². The molecule has 2 amide bonds. The smallest absolute Gasteiger partial charge is 0.408 e. The number of hydrogen-bond acceptors (Lipinski definition) is 5. The molecule has 5 rings (SSSR count). The monoisotopic (exact) mass is 496 g/mol. The summed E-state index contributed by atoms with van der Waals surface area (Å²) in [5.41, 5.74) is 4.48. The van der Waals surface area contributed by atoms with Crippen LogP contribution in [0.2, 0.25) is 0 Å². The molecule has 0 saturated carbocycles. The Morgan fingerprint density at radius 2 is 1.67 bits per heavy atom. The average molecular weight is 497 g/mol. The number of benzene rings is 3. The van der Waals surface area contributed by atoms with Crippen LogP contribution in [0.4, 0.5) is 9.93 Å². The molecule has 0 radical (unpaired) electrons. The van der Waals surface area contributed by atoms with E-state index in [0.717, 1.165) is 33.3 Å². The van der Waals surface area contributed by atoms with Crippen molar-refractivity contribution < 1.29 is 14.3 Å². The number of para-hydroxylation sites is 1. The number of hydrogen-bond donors (Lipinski definition) is 3. The predicted molar refractivity (Wildman–Crippen MR) is 142 cm³/mol. The number of nitrogens with zero attached hydrogens (tertiary/aromatic N) is 1. The zero-order valence-electron chi connectivity index (χ0n) is 19.3. The molecule has 1 atom stereocenters. The second-order valence-electron chi connectivity index (χ2n) is 8.22. The third-order valence-electron chi connectivity index (χ3n) is 5.72. The van der Waals surface area contributed by atoms with Crippen LogP contribution in [0, 0.1) is 0 Å². The van der Waals surface area contributed by atoms with E-state index in [4.69, 9.17) is 4.74 Å². The van der Waals surface area contributed by atoms with E-state index in [9.17, 15) is 9.59 Å². The molecule has 180 valence electrons. The lowest BCUT2D eigenvalue weighted by Crippen LogP contribution is -2.45. The van der Waals surface area contributed by atoms with Crippen molar-refractivity contribution in [2.24, 2.45) is 0 Å². The molecule has 0 bridgehead atoms. The number of carbonyl (C=O) groups excluding carboxylic acids is 2. The van der Waals surface area contributed by atoms with E-state index in [-0.39, 0.29) is 18.9 Å². The van der Waals surface area contributed by atoms with E-state index in [0.29, 0.717) is 5.13 Å². The molecule has 0 saturated heterocycles.